The van der Waals surface area contributed by atoms with Crippen molar-refractivity contribution in [2.24, 2.45) is 0 Å². The van der Waals surface area contributed by atoms with Crippen LogP contribution in [-0.2, 0) is 10.0 Å². The maximum Gasteiger partial charge on any atom is 0.274 e. The van der Waals surface area contributed by atoms with E-state index < -0.39 is 10.0 Å². The molecule has 1 N–H and O–H groups in total. The number of hydrazine groups is 1. The van der Waals surface area contributed by atoms with E-state index in [-0.39, 0.29) is 0 Å². The third-order valence-electron chi connectivity index (χ3n) is 2.46. The van der Waals surface area contributed by atoms with Gasteiger partial charge < -0.3 is 0 Å². The number of rotatable bonds is 5. The molecule has 0 bridgehead atoms. The minimum atomic E-state index is -3.63. The van der Waals surface area contributed by atoms with Crippen LogP contribution in [0.2, 0.25) is 0 Å². The second kappa shape index (κ2) is 5.58. The third-order valence-corrected chi connectivity index (χ3v) is 3.69. The molecule has 0 aliphatic heterocycles. The molecule has 2 aromatic rings. The number of nitrogens with zero attached hydrogens (tertiary/aromatic N) is 1. The summed E-state index contributed by atoms with van der Waals surface area (Å²) in [4.78, 5) is 0. The van der Waals surface area contributed by atoms with Crippen LogP contribution in [0.5, 0.6) is 0 Å². The molecule has 2 rings (SSSR count). The lowest BCUT2D eigenvalue weighted by Gasteiger charge is -2.24. The van der Waals surface area contributed by atoms with E-state index in [1.54, 1.807) is 36.4 Å². The van der Waals surface area contributed by atoms with Crippen LogP contribution in [0.1, 0.15) is 0 Å². The molecule has 0 unspecified atom stereocenters. The molecule has 98 valence electrons. The number of nitrogens with one attached hydrogen (secondary N) is 1. The van der Waals surface area contributed by atoms with Crippen molar-refractivity contribution in [3.63, 3.8) is 0 Å². The Morgan fingerprint density at radius 3 is 2.00 bits per heavy atom. The van der Waals surface area contributed by atoms with Gasteiger partial charge in [0.1, 0.15) is 0 Å². The van der Waals surface area contributed by atoms with E-state index in [4.69, 9.17) is 0 Å². The molecule has 4 nitrogen and oxygen atoms in total. The van der Waals surface area contributed by atoms with Gasteiger partial charge in [-0.3, -0.25) is 5.43 Å². The molecule has 0 heterocycles. The van der Waals surface area contributed by atoms with E-state index in [0.29, 0.717) is 11.4 Å². The fourth-order valence-corrected chi connectivity index (χ4v) is 2.34. The van der Waals surface area contributed by atoms with Crippen LogP contribution in [-0.4, -0.2) is 8.42 Å². The lowest BCUT2D eigenvalue weighted by molar-refractivity contribution is 0.603. The molecule has 2 aromatic carbocycles. The van der Waals surface area contributed by atoms with Crippen LogP contribution in [0.15, 0.2) is 72.7 Å². The van der Waals surface area contributed by atoms with Gasteiger partial charge in [-0.2, -0.15) is 12.8 Å². The largest absolute Gasteiger partial charge is 0.284 e. The van der Waals surface area contributed by atoms with E-state index in [0.717, 1.165) is 9.82 Å². The second-order valence-electron chi connectivity index (χ2n) is 3.79. The summed E-state index contributed by atoms with van der Waals surface area (Å²) in [5, 5.41) is 0.913. The molecular weight excluding hydrogens is 260 g/mol. The van der Waals surface area contributed by atoms with Gasteiger partial charge in [0.2, 0.25) is 0 Å². The summed E-state index contributed by atoms with van der Waals surface area (Å²) in [5.74, 6) is 0. The summed E-state index contributed by atoms with van der Waals surface area (Å²) in [6, 6.07) is 17.9. The molecule has 5 heteroatoms. The lowest BCUT2D eigenvalue weighted by atomic mass is 10.3. The van der Waals surface area contributed by atoms with E-state index in [1.807, 2.05) is 24.3 Å². The standard InChI is InChI=1S/C14H14N2O2S/c1-2-19(17,18)16(14-11-7-4-8-12-14)15-13-9-5-3-6-10-13/h2-12,15H,1H2. The van der Waals surface area contributed by atoms with Crippen molar-refractivity contribution >= 4 is 21.4 Å². The highest BCUT2D eigenvalue weighted by Crippen LogP contribution is 2.20. The monoisotopic (exact) mass is 274 g/mol. The van der Waals surface area contributed by atoms with Crippen molar-refractivity contribution < 1.29 is 8.42 Å². The normalized spacial score (nSPS) is 10.7. The van der Waals surface area contributed by atoms with Crippen molar-refractivity contribution in [1.29, 1.82) is 0 Å². The van der Waals surface area contributed by atoms with Crippen molar-refractivity contribution in [3.8, 4) is 0 Å². The second-order valence-corrected chi connectivity index (χ2v) is 5.52. The summed E-state index contributed by atoms with van der Waals surface area (Å²) in [6.45, 7) is 3.35. The number of hydrogen-bond donors (Lipinski definition) is 1. The molecule has 0 aliphatic carbocycles. The maximum absolute atomic E-state index is 12.0. The highest BCUT2D eigenvalue weighted by atomic mass is 32.2. The number of sulfonamides is 1. The van der Waals surface area contributed by atoms with E-state index in [2.05, 4.69) is 12.0 Å². The Kier molecular flexibility index (Phi) is 3.87. The SMILES string of the molecule is C=CS(=O)(=O)N(Nc1ccccc1)c1ccccc1. The topological polar surface area (TPSA) is 49.4 Å². The Morgan fingerprint density at radius 1 is 0.947 bits per heavy atom. The molecule has 19 heavy (non-hydrogen) atoms. The quantitative estimate of drug-likeness (QED) is 0.853. The predicted octanol–water partition coefficient (Wildman–Crippen LogP) is 2.99. The average molecular weight is 274 g/mol. The van der Waals surface area contributed by atoms with Gasteiger partial charge in [0.15, 0.2) is 0 Å². The first-order chi connectivity index (χ1) is 9.13. The number of hydrogen-bond acceptors (Lipinski definition) is 3. The summed E-state index contributed by atoms with van der Waals surface area (Å²) < 4.78 is 25.2. The molecule has 0 amide bonds. The van der Waals surface area contributed by atoms with Crippen LogP contribution in [0, 0.1) is 0 Å². The van der Waals surface area contributed by atoms with Crippen LogP contribution in [0.4, 0.5) is 11.4 Å². The van der Waals surface area contributed by atoms with Crippen LogP contribution in [0.3, 0.4) is 0 Å². The van der Waals surface area contributed by atoms with Gasteiger partial charge >= 0.3 is 0 Å². The van der Waals surface area contributed by atoms with Gasteiger partial charge in [0, 0.05) is 5.41 Å². The van der Waals surface area contributed by atoms with Crippen LogP contribution < -0.4 is 9.84 Å². The van der Waals surface area contributed by atoms with Gasteiger partial charge in [0.05, 0.1) is 11.4 Å². The Balaban J connectivity index is 2.39. The molecule has 0 saturated heterocycles. The first kappa shape index (κ1) is 13.2. The van der Waals surface area contributed by atoms with E-state index in [1.165, 1.54) is 0 Å². The molecule has 0 fully saturated rings. The summed E-state index contributed by atoms with van der Waals surface area (Å²) in [7, 11) is -3.63. The minimum absolute atomic E-state index is 0.520. The Morgan fingerprint density at radius 2 is 1.47 bits per heavy atom. The molecule has 0 spiro atoms. The summed E-state index contributed by atoms with van der Waals surface area (Å²) >= 11 is 0. The van der Waals surface area contributed by atoms with Crippen LogP contribution >= 0.6 is 0 Å². The number of benzene rings is 2. The highest BCUT2D eigenvalue weighted by Gasteiger charge is 2.18. The first-order valence-corrected chi connectivity index (χ1v) is 7.18. The van der Waals surface area contributed by atoms with Gasteiger partial charge in [-0.05, 0) is 24.3 Å². The molecule has 0 atom stereocenters. The van der Waals surface area contributed by atoms with Gasteiger partial charge in [-0.25, -0.2) is 0 Å². The molecule has 0 radical (unpaired) electrons. The van der Waals surface area contributed by atoms with Gasteiger partial charge in [-0.15, -0.1) is 0 Å². The Hall–Kier alpha value is -2.27. The van der Waals surface area contributed by atoms with Crippen molar-refractivity contribution in [1.82, 2.24) is 0 Å². The summed E-state index contributed by atoms with van der Waals surface area (Å²) in [6.07, 6.45) is 0. The first-order valence-electron chi connectivity index (χ1n) is 5.68. The van der Waals surface area contributed by atoms with E-state index >= 15 is 0 Å². The molecular formula is C14H14N2O2S. The van der Waals surface area contributed by atoms with E-state index in [9.17, 15) is 8.42 Å². The van der Waals surface area contributed by atoms with Gasteiger partial charge in [-0.1, -0.05) is 43.0 Å². The van der Waals surface area contributed by atoms with Crippen molar-refractivity contribution in [3.05, 3.63) is 72.7 Å². The predicted molar refractivity (Wildman–Crippen MR) is 78.1 cm³/mol. The van der Waals surface area contributed by atoms with Gasteiger partial charge in [0.25, 0.3) is 10.0 Å². The smallest absolute Gasteiger partial charge is 0.274 e. The summed E-state index contributed by atoms with van der Waals surface area (Å²) in [5.41, 5.74) is 4.06. The van der Waals surface area contributed by atoms with Crippen molar-refractivity contribution in [2.45, 2.75) is 0 Å². The fraction of sp³-hybridized carbons (Fsp3) is 0. The molecule has 0 aromatic heterocycles. The zero-order chi connectivity index (χ0) is 13.7. The average Bonchev–Trinajstić information content (AvgIpc) is 2.46. The number of anilines is 2. The zero-order valence-corrected chi connectivity index (χ0v) is 11.0. The maximum atomic E-state index is 12.0. The molecule has 0 saturated carbocycles. The molecule has 0 aliphatic rings. The highest BCUT2D eigenvalue weighted by molar-refractivity contribution is 7.95. The fourth-order valence-electron chi connectivity index (χ4n) is 1.54. The number of para-hydroxylation sites is 2. The lowest BCUT2D eigenvalue weighted by Crippen LogP contribution is -2.34. The minimum Gasteiger partial charge on any atom is -0.284 e. The van der Waals surface area contributed by atoms with Crippen molar-refractivity contribution in [2.75, 3.05) is 9.84 Å². The van der Waals surface area contributed by atoms with Crippen LogP contribution in [0.25, 0.3) is 0 Å². The zero-order valence-electron chi connectivity index (χ0n) is 10.2. The Bertz CT molecular complexity index is 640. The Labute approximate surface area is 113 Å². The third kappa shape index (κ3) is 3.14.